The van der Waals surface area contributed by atoms with E-state index in [1.165, 1.54) is 0 Å². The van der Waals surface area contributed by atoms with E-state index in [9.17, 15) is 4.79 Å². The topological polar surface area (TPSA) is 58.4 Å². The molecule has 1 atom stereocenters. The smallest absolute Gasteiger partial charge is 0.251 e. The van der Waals surface area contributed by atoms with E-state index in [1.54, 1.807) is 19.1 Å². The number of rotatable bonds is 3. The zero-order valence-corrected chi connectivity index (χ0v) is 7.59. The lowest BCUT2D eigenvalue weighted by molar-refractivity contribution is -0.127. The van der Waals surface area contributed by atoms with E-state index < -0.39 is 6.04 Å². The molecule has 0 heterocycles. The zero-order valence-electron chi connectivity index (χ0n) is 7.59. The lowest BCUT2D eigenvalue weighted by Crippen LogP contribution is -2.48. The molecule has 3 N–H and O–H groups in total. The van der Waals surface area contributed by atoms with Crippen molar-refractivity contribution in [3.05, 3.63) is 0 Å². The maximum atomic E-state index is 11.1. The molecule has 0 aromatic heterocycles. The van der Waals surface area contributed by atoms with Crippen LogP contribution in [-0.4, -0.2) is 31.1 Å². The first-order valence-corrected chi connectivity index (χ1v) is 3.68. The maximum absolute atomic E-state index is 11.1. The summed E-state index contributed by atoms with van der Waals surface area (Å²) in [7, 11) is 3.51. The van der Waals surface area contributed by atoms with Gasteiger partial charge in [-0.1, -0.05) is 13.8 Å². The van der Waals surface area contributed by atoms with Crippen LogP contribution in [0.3, 0.4) is 0 Å². The molecule has 0 aliphatic heterocycles. The van der Waals surface area contributed by atoms with Crippen molar-refractivity contribution in [3.63, 3.8) is 0 Å². The van der Waals surface area contributed by atoms with Crippen LogP contribution in [-0.2, 0) is 4.79 Å². The molecule has 0 saturated heterocycles. The molecule has 0 rings (SSSR count). The number of amides is 1. The summed E-state index contributed by atoms with van der Waals surface area (Å²) in [5, 5.41) is 1.59. The quantitative estimate of drug-likeness (QED) is 0.549. The summed E-state index contributed by atoms with van der Waals surface area (Å²) in [6.07, 6.45) is 0. The second-order valence-electron chi connectivity index (χ2n) is 3.14. The molecule has 0 radical (unpaired) electrons. The summed E-state index contributed by atoms with van der Waals surface area (Å²) >= 11 is 0. The minimum Gasteiger partial charge on any atom is -0.320 e. The minimum atomic E-state index is -0.419. The molecular formula is C7H17N3O. The number of nitrogens with one attached hydrogen (secondary N) is 1. The fourth-order valence-corrected chi connectivity index (χ4v) is 0.598. The lowest BCUT2D eigenvalue weighted by Gasteiger charge is -2.18. The van der Waals surface area contributed by atoms with Crippen LogP contribution in [0.5, 0.6) is 0 Å². The summed E-state index contributed by atoms with van der Waals surface area (Å²) in [5.74, 6) is 0.0416. The van der Waals surface area contributed by atoms with Gasteiger partial charge in [-0.25, -0.2) is 5.01 Å². The molecule has 0 bridgehead atoms. The number of carbonyl (C=O) groups excluding carboxylic acids is 1. The summed E-state index contributed by atoms with van der Waals surface area (Å²) in [6, 6.07) is -0.419. The SMILES string of the molecule is CC(C)[C@H](N)C(=O)NN(C)C. The Morgan fingerprint density at radius 1 is 1.45 bits per heavy atom. The average Bonchev–Trinajstić information content (AvgIpc) is 1.84. The Morgan fingerprint density at radius 3 is 2.18 bits per heavy atom. The molecule has 0 aliphatic carbocycles. The van der Waals surface area contributed by atoms with Gasteiger partial charge in [0.15, 0.2) is 0 Å². The molecular weight excluding hydrogens is 142 g/mol. The fourth-order valence-electron chi connectivity index (χ4n) is 0.598. The lowest BCUT2D eigenvalue weighted by atomic mass is 10.1. The van der Waals surface area contributed by atoms with Crippen LogP contribution in [0.15, 0.2) is 0 Å². The third kappa shape index (κ3) is 3.95. The standard InChI is InChI=1S/C7H17N3O/c1-5(2)6(8)7(11)9-10(3)4/h5-6H,8H2,1-4H3,(H,9,11)/t6-/m0/s1. The molecule has 0 aromatic rings. The molecule has 0 spiro atoms. The van der Waals surface area contributed by atoms with Gasteiger partial charge in [-0.2, -0.15) is 0 Å². The van der Waals surface area contributed by atoms with Crippen LogP contribution in [0.2, 0.25) is 0 Å². The number of nitrogens with two attached hydrogens (primary N) is 1. The van der Waals surface area contributed by atoms with Gasteiger partial charge in [-0.05, 0) is 5.92 Å². The van der Waals surface area contributed by atoms with Crippen LogP contribution >= 0.6 is 0 Å². The zero-order chi connectivity index (χ0) is 9.02. The number of hydrogen-bond acceptors (Lipinski definition) is 3. The largest absolute Gasteiger partial charge is 0.320 e. The van der Waals surface area contributed by atoms with E-state index in [0.29, 0.717) is 0 Å². The molecule has 11 heavy (non-hydrogen) atoms. The molecule has 66 valence electrons. The summed E-state index contributed by atoms with van der Waals surface area (Å²) in [4.78, 5) is 11.1. The van der Waals surface area contributed by atoms with Gasteiger partial charge < -0.3 is 5.73 Å². The van der Waals surface area contributed by atoms with Gasteiger partial charge in [-0.15, -0.1) is 0 Å². The van der Waals surface area contributed by atoms with Gasteiger partial charge >= 0.3 is 0 Å². The minimum absolute atomic E-state index is 0.134. The van der Waals surface area contributed by atoms with Gasteiger partial charge in [0.25, 0.3) is 5.91 Å². The Bertz CT molecular complexity index is 134. The van der Waals surface area contributed by atoms with Gasteiger partial charge in [0.1, 0.15) is 0 Å². The van der Waals surface area contributed by atoms with E-state index in [4.69, 9.17) is 5.73 Å². The number of hydrogen-bond donors (Lipinski definition) is 2. The highest BCUT2D eigenvalue weighted by molar-refractivity contribution is 5.81. The molecule has 0 saturated carbocycles. The number of hydrazine groups is 1. The molecule has 0 fully saturated rings. The van der Waals surface area contributed by atoms with Crippen LogP contribution < -0.4 is 11.2 Å². The highest BCUT2D eigenvalue weighted by Crippen LogP contribution is 1.97. The van der Waals surface area contributed by atoms with E-state index >= 15 is 0 Å². The molecule has 0 aliphatic rings. The Labute approximate surface area is 67.7 Å². The van der Waals surface area contributed by atoms with Crippen molar-refractivity contribution in [2.45, 2.75) is 19.9 Å². The normalized spacial score (nSPS) is 13.7. The van der Waals surface area contributed by atoms with Crippen molar-refractivity contribution < 1.29 is 4.79 Å². The van der Waals surface area contributed by atoms with Crippen molar-refractivity contribution >= 4 is 5.91 Å². The van der Waals surface area contributed by atoms with Crippen LogP contribution in [0.25, 0.3) is 0 Å². The van der Waals surface area contributed by atoms with Gasteiger partial charge in [0.2, 0.25) is 0 Å². The first kappa shape index (κ1) is 10.4. The van der Waals surface area contributed by atoms with E-state index in [0.717, 1.165) is 0 Å². The Hall–Kier alpha value is -0.610. The van der Waals surface area contributed by atoms with Crippen molar-refractivity contribution in [3.8, 4) is 0 Å². The monoisotopic (exact) mass is 159 g/mol. The summed E-state index contributed by atoms with van der Waals surface area (Å²) < 4.78 is 0. The van der Waals surface area contributed by atoms with E-state index in [2.05, 4.69) is 5.43 Å². The third-order valence-electron chi connectivity index (χ3n) is 1.35. The Morgan fingerprint density at radius 2 is 1.91 bits per heavy atom. The van der Waals surface area contributed by atoms with Crippen molar-refractivity contribution in [2.24, 2.45) is 11.7 Å². The van der Waals surface area contributed by atoms with Crippen LogP contribution in [0, 0.1) is 5.92 Å². The molecule has 1 amide bonds. The number of carbonyl (C=O) groups is 1. The summed E-state index contributed by atoms with van der Waals surface area (Å²) in [5.41, 5.74) is 8.16. The first-order valence-electron chi connectivity index (χ1n) is 3.68. The molecule has 0 aromatic carbocycles. The predicted octanol–water partition coefficient (Wildman–Crippen LogP) is -0.437. The predicted molar refractivity (Wildman–Crippen MR) is 44.6 cm³/mol. The highest BCUT2D eigenvalue weighted by Gasteiger charge is 2.16. The summed E-state index contributed by atoms with van der Waals surface area (Å²) in [6.45, 7) is 3.83. The molecule has 4 heteroatoms. The van der Waals surface area contributed by atoms with Gasteiger partial charge in [0.05, 0.1) is 6.04 Å². The second-order valence-corrected chi connectivity index (χ2v) is 3.14. The molecule has 0 unspecified atom stereocenters. The van der Waals surface area contributed by atoms with Gasteiger partial charge in [-0.3, -0.25) is 10.2 Å². The average molecular weight is 159 g/mol. The van der Waals surface area contributed by atoms with Crippen LogP contribution in [0.1, 0.15) is 13.8 Å². The molecule has 4 nitrogen and oxygen atoms in total. The third-order valence-corrected chi connectivity index (χ3v) is 1.35. The van der Waals surface area contributed by atoms with E-state index in [1.807, 2.05) is 13.8 Å². The van der Waals surface area contributed by atoms with E-state index in [-0.39, 0.29) is 11.8 Å². The maximum Gasteiger partial charge on any atom is 0.251 e. The van der Waals surface area contributed by atoms with Gasteiger partial charge in [0, 0.05) is 14.1 Å². The van der Waals surface area contributed by atoms with Crippen LogP contribution in [0.4, 0.5) is 0 Å². The Kier molecular flexibility index (Phi) is 4.07. The Balaban J connectivity index is 3.83. The highest BCUT2D eigenvalue weighted by atomic mass is 16.2. The van der Waals surface area contributed by atoms with Crippen molar-refractivity contribution in [2.75, 3.05) is 14.1 Å². The fraction of sp³-hybridized carbons (Fsp3) is 0.857. The second kappa shape index (κ2) is 4.31. The van der Waals surface area contributed by atoms with Crippen molar-refractivity contribution in [1.82, 2.24) is 10.4 Å². The first-order chi connectivity index (χ1) is 4.95. The number of nitrogens with zero attached hydrogens (tertiary/aromatic N) is 1. The van der Waals surface area contributed by atoms with Crippen molar-refractivity contribution in [1.29, 1.82) is 0 Å².